The number of carbonyl (C=O) groups excluding carboxylic acids is 2. The Labute approximate surface area is 259 Å². The summed E-state index contributed by atoms with van der Waals surface area (Å²) < 4.78 is 0. The fourth-order valence-electron chi connectivity index (χ4n) is 7.59. The number of likely N-dealkylation sites (tertiary alicyclic amines) is 2. The van der Waals surface area contributed by atoms with Crippen molar-refractivity contribution in [2.45, 2.75) is 102 Å². The molecule has 2 amide bonds. The summed E-state index contributed by atoms with van der Waals surface area (Å²) in [5.74, 6) is 0.711. The van der Waals surface area contributed by atoms with Gasteiger partial charge in [-0.05, 0) is 75.4 Å². The highest BCUT2D eigenvalue weighted by Gasteiger charge is 2.55. The third-order valence-electron chi connectivity index (χ3n) is 10.1. The summed E-state index contributed by atoms with van der Waals surface area (Å²) in [6.45, 7) is 8.84. The number of hydrogen-bond acceptors (Lipinski definition) is 5. The second-order valence-corrected chi connectivity index (χ2v) is 12.7. The van der Waals surface area contributed by atoms with Crippen molar-refractivity contribution in [1.82, 2.24) is 20.0 Å². The molecule has 3 heterocycles. The van der Waals surface area contributed by atoms with Gasteiger partial charge in [-0.25, -0.2) is 0 Å². The normalized spacial score (nSPS) is 25.3. The number of unbranched alkanes of at least 4 members (excludes halogenated alkanes) is 1. The number of rotatable bonds is 9. The lowest BCUT2D eigenvalue weighted by Gasteiger charge is -2.53. The van der Waals surface area contributed by atoms with Crippen LogP contribution in [0.5, 0.6) is 0 Å². The number of halogens is 2. The first-order valence-electron chi connectivity index (χ1n) is 15.8. The van der Waals surface area contributed by atoms with Crippen molar-refractivity contribution < 1.29 is 14.7 Å². The molecule has 1 aromatic rings. The number of carbonyl (C=O) groups is 2. The second kappa shape index (κ2) is 15.9. The molecule has 232 valence electrons. The third kappa shape index (κ3) is 7.97. The first-order valence-corrected chi connectivity index (χ1v) is 15.8. The van der Waals surface area contributed by atoms with Gasteiger partial charge >= 0.3 is 0 Å². The van der Waals surface area contributed by atoms with Gasteiger partial charge in [-0.15, -0.1) is 24.8 Å². The predicted octanol–water partition coefficient (Wildman–Crippen LogP) is 4.65. The number of benzene rings is 1. The maximum Gasteiger partial charge on any atom is 0.248 e. The summed E-state index contributed by atoms with van der Waals surface area (Å²) in [4.78, 5) is 34.5. The highest BCUT2D eigenvalue weighted by atomic mass is 35.5. The highest BCUT2D eigenvalue weighted by Crippen LogP contribution is 2.36. The maximum atomic E-state index is 13.8. The van der Waals surface area contributed by atoms with Gasteiger partial charge < -0.3 is 20.2 Å². The summed E-state index contributed by atoms with van der Waals surface area (Å²) in [5.41, 5.74) is 0.628. The van der Waals surface area contributed by atoms with E-state index in [1.807, 2.05) is 4.90 Å². The Hall–Kier alpha value is -1.38. The summed E-state index contributed by atoms with van der Waals surface area (Å²) >= 11 is 0. The topological polar surface area (TPSA) is 76.1 Å². The van der Waals surface area contributed by atoms with Crippen LogP contribution in [-0.4, -0.2) is 88.6 Å². The molecule has 1 aromatic carbocycles. The molecule has 4 fully saturated rings. The second-order valence-electron chi connectivity index (χ2n) is 12.7. The van der Waals surface area contributed by atoms with E-state index in [2.05, 4.69) is 52.4 Å². The largest absolute Gasteiger partial charge is 0.390 e. The fraction of sp³-hybridized carbons (Fsp3) is 0.750. The highest BCUT2D eigenvalue weighted by molar-refractivity contribution is 6.00. The molecule has 41 heavy (non-hydrogen) atoms. The van der Waals surface area contributed by atoms with Crippen LogP contribution in [0.3, 0.4) is 0 Å². The minimum absolute atomic E-state index is 0. The van der Waals surface area contributed by atoms with E-state index in [1.165, 1.54) is 24.8 Å². The molecule has 1 saturated carbocycles. The Morgan fingerprint density at radius 2 is 1.59 bits per heavy atom. The van der Waals surface area contributed by atoms with Crippen molar-refractivity contribution in [2.24, 2.45) is 11.8 Å². The number of hydrogen-bond donors (Lipinski definition) is 2. The Morgan fingerprint density at radius 3 is 2.22 bits per heavy atom. The zero-order chi connectivity index (χ0) is 27.2. The van der Waals surface area contributed by atoms with E-state index < -0.39 is 17.7 Å². The molecule has 4 aliphatic rings. The van der Waals surface area contributed by atoms with Crippen LogP contribution >= 0.6 is 24.8 Å². The van der Waals surface area contributed by atoms with Gasteiger partial charge in [-0.1, -0.05) is 62.9 Å². The van der Waals surface area contributed by atoms with Gasteiger partial charge in [-0.2, -0.15) is 0 Å². The summed E-state index contributed by atoms with van der Waals surface area (Å²) in [6.07, 6.45) is 10.2. The monoisotopic (exact) mass is 610 g/mol. The maximum absolute atomic E-state index is 13.8. The fourth-order valence-corrected chi connectivity index (χ4v) is 7.59. The molecule has 0 bridgehead atoms. The molecule has 0 radical (unpaired) electrons. The molecule has 0 unspecified atom stereocenters. The Balaban J connectivity index is 0.00000231. The van der Waals surface area contributed by atoms with Crippen molar-refractivity contribution in [1.29, 1.82) is 0 Å². The first kappa shape index (κ1) is 34.1. The molecule has 1 aliphatic carbocycles. The molecule has 2 N–H and O–H groups in total. The molecule has 9 heteroatoms. The molecule has 0 aromatic heterocycles. The number of piperazine rings is 1. The minimum atomic E-state index is -0.790. The molecule has 1 spiro atoms. The summed E-state index contributed by atoms with van der Waals surface area (Å²) in [5, 5.41) is 14.2. The number of nitrogens with one attached hydrogen (secondary N) is 1. The van der Waals surface area contributed by atoms with Crippen LogP contribution in [0.4, 0.5) is 0 Å². The summed E-state index contributed by atoms with van der Waals surface area (Å²) in [7, 11) is 0. The van der Waals surface area contributed by atoms with Crippen LogP contribution in [0.15, 0.2) is 30.3 Å². The molecule has 7 nitrogen and oxygen atoms in total. The lowest BCUT2D eigenvalue weighted by atomic mass is 9.77. The zero-order valence-corrected chi connectivity index (χ0v) is 26.5. The van der Waals surface area contributed by atoms with Gasteiger partial charge in [-0.3, -0.25) is 14.5 Å². The van der Waals surface area contributed by atoms with Crippen molar-refractivity contribution in [3.05, 3.63) is 35.9 Å². The van der Waals surface area contributed by atoms with Crippen molar-refractivity contribution >= 4 is 36.6 Å². The van der Waals surface area contributed by atoms with E-state index in [9.17, 15) is 14.7 Å². The molecular formula is C32H52Cl2N4O3. The van der Waals surface area contributed by atoms with Crippen LogP contribution in [-0.2, 0) is 16.1 Å². The Morgan fingerprint density at radius 1 is 0.927 bits per heavy atom. The van der Waals surface area contributed by atoms with Crippen molar-refractivity contribution in [3.63, 3.8) is 0 Å². The predicted molar refractivity (Wildman–Crippen MR) is 168 cm³/mol. The van der Waals surface area contributed by atoms with Gasteiger partial charge in [0.1, 0.15) is 11.6 Å². The quantitative estimate of drug-likeness (QED) is 0.426. The zero-order valence-electron chi connectivity index (χ0n) is 24.8. The third-order valence-corrected chi connectivity index (χ3v) is 10.1. The summed E-state index contributed by atoms with van der Waals surface area (Å²) in [6, 6.07) is 9.95. The Kier molecular flexibility index (Phi) is 13.2. The van der Waals surface area contributed by atoms with Crippen molar-refractivity contribution in [3.8, 4) is 0 Å². The molecular weight excluding hydrogens is 559 g/mol. The van der Waals surface area contributed by atoms with Crippen LogP contribution in [0.2, 0.25) is 0 Å². The van der Waals surface area contributed by atoms with Gasteiger partial charge in [0.15, 0.2) is 0 Å². The first-order chi connectivity index (χ1) is 19.0. The lowest BCUT2D eigenvalue weighted by Crippen LogP contribution is -2.75. The molecule has 3 saturated heterocycles. The molecule has 5 rings (SSSR count). The standard InChI is InChI=1S/C32H50N4O3.2ClH/c1-2-3-18-36-30(38)28(29(37)27-12-8-5-9-13-27)33-31(39)32(36)16-21-35(22-17-32)24-26-14-19-34(20-15-26)23-25-10-6-4-7-11-25;;/h4,6-7,10-11,26-29,37H,2-3,5,8-9,12-24H2,1H3,(H,33,39);2*1H/t28-,29-;;/m1../s1. The van der Waals surface area contributed by atoms with E-state index in [4.69, 9.17) is 0 Å². The molecule has 2 atom stereocenters. The van der Waals surface area contributed by atoms with Crippen LogP contribution in [0.25, 0.3) is 0 Å². The van der Waals surface area contributed by atoms with Crippen LogP contribution < -0.4 is 5.32 Å². The number of amides is 2. The van der Waals surface area contributed by atoms with Crippen LogP contribution in [0, 0.1) is 11.8 Å². The van der Waals surface area contributed by atoms with Crippen molar-refractivity contribution in [2.75, 3.05) is 39.3 Å². The average Bonchev–Trinajstić information content (AvgIpc) is 2.98. The number of nitrogens with zero attached hydrogens (tertiary/aromatic N) is 3. The van der Waals surface area contributed by atoms with E-state index in [1.54, 1.807) is 0 Å². The average molecular weight is 612 g/mol. The SMILES string of the molecule is CCCCN1C(=O)[C@@H]([C@H](O)C2CCCCC2)NC(=O)C12CCN(CC1CCN(Cc3ccccc3)CC1)CC2.Cl.Cl. The Bertz CT molecular complexity index is 946. The van der Waals surface area contributed by atoms with E-state index in [0.29, 0.717) is 25.3 Å². The molecule has 3 aliphatic heterocycles. The van der Waals surface area contributed by atoms with Gasteiger partial charge in [0.05, 0.1) is 6.10 Å². The number of piperidine rings is 2. The van der Waals surface area contributed by atoms with E-state index in [-0.39, 0.29) is 42.5 Å². The lowest BCUT2D eigenvalue weighted by molar-refractivity contribution is -0.166. The number of aliphatic hydroxyl groups is 1. The van der Waals surface area contributed by atoms with Gasteiger partial charge in [0.2, 0.25) is 11.8 Å². The van der Waals surface area contributed by atoms with E-state index in [0.717, 1.165) is 77.8 Å². The van der Waals surface area contributed by atoms with Crippen LogP contribution in [0.1, 0.15) is 83.1 Å². The van der Waals surface area contributed by atoms with Gasteiger partial charge in [0.25, 0.3) is 0 Å². The van der Waals surface area contributed by atoms with Gasteiger partial charge in [0, 0.05) is 32.7 Å². The van der Waals surface area contributed by atoms with E-state index >= 15 is 0 Å². The number of aliphatic hydroxyl groups excluding tert-OH is 1. The minimum Gasteiger partial charge on any atom is -0.390 e. The smallest absolute Gasteiger partial charge is 0.248 e.